The van der Waals surface area contributed by atoms with Crippen LogP contribution in [0, 0.1) is 0 Å². The maximum atomic E-state index is 12.7. The number of carbonyl (C=O) groups is 1. The van der Waals surface area contributed by atoms with Gasteiger partial charge in [0, 0.05) is 6.04 Å². The van der Waals surface area contributed by atoms with Crippen LogP contribution in [0.15, 0.2) is 30.3 Å². The van der Waals surface area contributed by atoms with Gasteiger partial charge < -0.3 is 4.90 Å². The molecule has 1 N–H and O–H groups in total. The zero-order chi connectivity index (χ0) is 15.3. The molecule has 0 aromatic heterocycles. The lowest BCUT2D eigenvalue weighted by Gasteiger charge is -2.31. The summed E-state index contributed by atoms with van der Waals surface area (Å²) in [6.45, 7) is 1.46. The number of hydrogen-bond donors (Lipinski definition) is 1. The summed E-state index contributed by atoms with van der Waals surface area (Å²) in [6, 6.07) is 8.28. The number of alkyl halides is 3. The third kappa shape index (κ3) is 2.64. The Hall–Kier alpha value is -1.56. The van der Waals surface area contributed by atoms with Gasteiger partial charge in [-0.25, -0.2) is 0 Å². The smallest absolute Gasteiger partial charge is 0.318 e. The molecule has 1 amide bonds. The maximum Gasteiger partial charge on any atom is 0.391 e. The minimum Gasteiger partial charge on any atom is -0.318 e. The summed E-state index contributed by atoms with van der Waals surface area (Å²) in [5, 5.41) is 3.23. The molecule has 1 saturated heterocycles. The Morgan fingerprint density at radius 3 is 2.48 bits per heavy atom. The fraction of sp³-hybridized carbons (Fsp3) is 0.533. The van der Waals surface area contributed by atoms with Crippen molar-refractivity contribution in [1.29, 1.82) is 0 Å². The monoisotopic (exact) mass is 298 g/mol. The second kappa shape index (κ2) is 4.73. The average Bonchev–Trinajstić information content (AvgIpc) is 3.11. The van der Waals surface area contributed by atoms with Gasteiger partial charge in [0.15, 0.2) is 0 Å². The van der Waals surface area contributed by atoms with Gasteiger partial charge in [-0.2, -0.15) is 13.2 Å². The van der Waals surface area contributed by atoms with Gasteiger partial charge in [-0.05, 0) is 25.3 Å². The van der Waals surface area contributed by atoms with E-state index in [0.29, 0.717) is 12.8 Å². The molecule has 114 valence electrons. The van der Waals surface area contributed by atoms with E-state index in [1.54, 1.807) is 0 Å². The molecule has 2 atom stereocenters. The van der Waals surface area contributed by atoms with E-state index >= 15 is 0 Å². The number of hydrogen-bond acceptors (Lipinski definition) is 2. The zero-order valence-corrected chi connectivity index (χ0v) is 11.7. The molecule has 2 aliphatic rings. The normalized spacial score (nSPS) is 25.4. The molecule has 3 nitrogen and oxygen atoms in total. The van der Waals surface area contributed by atoms with Crippen LogP contribution < -0.4 is 5.32 Å². The molecule has 0 bridgehead atoms. The van der Waals surface area contributed by atoms with Gasteiger partial charge in [-0.15, -0.1) is 0 Å². The molecule has 2 unspecified atom stereocenters. The SMILES string of the molecule is CC(CC(F)(F)F)N1C(=O)C2(CC2)NC1c1ccccc1. The topological polar surface area (TPSA) is 32.3 Å². The van der Waals surface area contributed by atoms with Crippen molar-refractivity contribution in [1.82, 2.24) is 10.2 Å². The minimum absolute atomic E-state index is 0.201. The van der Waals surface area contributed by atoms with E-state index in [0.717, 1.165) is 5.56 Å². The van der Waals surface area contributed by atoms with Crippen molar-refractivity contribution in [3.05, 3.63) is 35.9 Å². The number of halogens is 3. The fourth-order valence-electron chi connectivity index (χ4n) is 3.01. The van der Waals surface area contributed by atoms with E-state index < -0.39 is 30.3 Å². The zero-order valence-electron chi connectivity index (χ0n) is 11.7. The van der Waals surface area contributed by atoms with Crippen molar-refractivity contribution in [2.24, 2.45) is 0 Å². The standard InChI is InChI=1S/C15H17F3N2O/c1-10(9-15(16,17)18)20-12(11-5-3-2-4-6-11)19-14(7-8-14)13(20)21/h2-6,10,12,19H,7-9H2,1H3. The van der Waals surface area contributed by atoms with Crippen LogP contribution in [-0.4, -0.2) is 28.6 Å². The van der Waals surface area contributed by atoms with E-state index in [9.17, 15) is 18.0 Å². The lowest BCUT2D eigenvalue weighted by atomic mass is 10.1. The van der Waals surface area contributed by atoms with E-state index in [-0.39, 0.29) is 5.91 Å². The van der Waals surface area contributed by atoms with Gasteiger partial charge in [0.2, 0.25) is 5.91 Å². The van der Waals surface area contributed by atoms with Crippen molar-refractivity contribution in [3.8, 4) is 0 Å². The molecular weight excluding hydrogens is 281 g/mol. The highest BCUT2D eigenvalue weighted by Crippen LogP contribution is 2.47. The van der Waals surface area contributed by atoms with Crippen LogP contribution in [-0.2, 0) is 4.79 Å². The highest BCUT2D eigenvalue weighted by molar-refractivity contribution is 5.92. The van der Waals surface area contributed by atoms with Crippen LogP contribution in [0.2, 0.25) is 0 Å². The highest BCUT2D eigenvalue weighted by Gasteiger charge is 2.60. The molecule has 6 heteroatoms. The Balaban J connectivity index is 1.89. The fourth-order valence-corrected chi connectivity index (χ4v) is 3.01. The van der Waals surface area contributed by atoms with Crippen molar-refractivity contribution in [2.75, 3.05) is 0 Å². The Bertz CT molecular complexity index is 540. The molecule has 0 radical (unpaired) electrons. The van der Waals surface area contributed by atoms with Crippen molar-refractivity contribution >= 4 is 5.91 Å². The quantitative estimate of drug-likeness (QED) is 0.930. The first-order chi connectivity index (χ1) is 9.82. The van der Waals surface area contributed by atoms with Crippen LogP contribution in [0.1, 0.15) is 37.9 Å². The van der Waals surface area contributed by atoms with Crippen molar-refractivity contribution < 1.29 is 18.0 Å². The van der Waals surface area contributed by atoms with Crippen LogP contribution in [0.4, 0.5) is 13.2 Å². The van der Waals surface area contributed by atoms with Crippen LogP contribution >= 0.6 is 0 Å². The molecule has 21 heavy (non-hydrogen) atoms. The van der Waals surface area contributed by atoms with Crippen LogP contribution in [0.3, 0.4) is 0 Å². The predicted octanol–water partition coefficient (Wildman–Crippen LogP) is 2.99. The summed E-state index contributed by atoms with van der Waals surface area (Å²) < 4.78 is 38.0. The molecule has 3 rings (SSSR count). The molecule has 1 heterocycles. The van der Waals surface area contributed by atoms with E-state index in [1.807, 2.05) is 30.3 Å². The van der Waals surface area contributed by atoms with Gasteiger partial charge in [0.25, 0.3) is 0 Å². The van der Waals surface area contributed by atoms with Gasteiger partial charge in [0.1, 0.15) is 11.7 Å². The molecule has 1 aromatic carbocycles. The number of amides is 1. The van der Waals surface area contributed by atoms with Crippen LogP contribution in [0.5, 0.6) is 0 Å². The summed E-state index contributed by atoms with van der Waals surface area (Å²) in [7, 11) is 0. The van der Waals surface area contributed by atoms with E-state index in [4.69, 9.17) is 0 Å². The lowest BCUT2D eigenvalue weighted by molar-refractivity contribution is -0.153. The summed E-state index contributed by atoms with van der Waals surface area (Å²) in [5.74, 6) is -0.201. The average molecular weight is 298 g/mol. The Morgan fingerprint density at radius 1 is 1.33 bits per heavy atom. The minimum atomic E-state index is -4.28. The maximum absolute atomic E-state index is 12.7. The first kappa shape index (κ1) is 14.4. The lowest BCUT2D eigenvalue weighted by Crippen LogP contribution is -2.41. The number of nitrogens with one attached hydrogen (secondary N) is 1. The first-order valence-corrected chi connectivity index (χ1v) is 7.05. The Labute approximate surface area is 121 Å². The van der Waals surface area contributed by atoms with Crippen molar-refractivity contribution in [3.63, 3.8) is 0 Å². The van der Waals surface area contributed by atoms with Crippen LogP contribution in [0.25, 0.3) is 0 Å². The second-order valence-electron chi connectivity index (χ2n) is 5.92. The molecular formula is C15H17F3N2O. The first-order valence-electron chi connectivity index (χ1n) is 7.05. The number of nitrogens with zero attached hydrogens (tertiary/aromatic N) is 1. The van der Waals surface area contributed by atoms with Gasteiger partial charge >= 0.3 is 6.18 Å². The molecule has 1 saturated carbocycles. The van der Waals surface area contributed by atoms with Gasteiger partial charge in [-0.1, -0.05) is 30.3 Å². The molecule has 1 aromatic rings. The van der Waals surface area contributed by atoms with Crippen molar-refractivity contribution in [2.45, 2.75) is 50.1 Å². The summed E-state index contributed by atoms with van der Waals surface area (Å²) in [6.07, 6.45) is -4.34. The molecule has 2 fully saturated rings. The molecule has 1 aliphatic carbocycles. The molecule has 1 spiro atoms. The largest absolute Gasteiger partial charge is 0.391 e. The third-order valence-corrected chi connectivity index (χ3v) is 4.20. The van der Waals surface area contributed by atoms with Gasteiger partial charge in [-0.3, -0.25) is 10.1 Å². The van der Waals surface area contributed by atoms with Gasteiger partial charge in [0.05, 0.1) is 6.42 Å². The number of benzene rings is 1. The number of carbonyl (C=O) groups excluding carboxylic acids is 1. The van der Waals surface area contributed by atoms with E-state index in [1.165, 1.54) is 11.8 Å². The second-order valence-corrected chi connectivity index (χ2v) is 5.92. The summed E-state index contributed by atoms with van der Waals surface area (Å²) >= 11 is 0. The Kier molecular flexibility index (Phi) is 3.24. The molecule has 1 aliphatic heterocycles. The third-order valence-electron chi connectivity index (χ3n) is 4.20. The summed E-state index contributed by atoms with van der Waals surface area (Å²) in [5.41, 5.74) is 0.198. The highest BCUT2D eigenvalue weighted by atomic mass is 19.4. The Morgan fingerprint density at radius 2 is 1.95 bits per heavy atom. The van der Waals surface area contributed by atoms with E-state index in [2.05, 4.69) is 5.32 Å². The predicted molar refractivity (Wildman–Crippen MR) is 71.3 cm³/mol. The summed E-state index contributed by atoms with van der Waals surface area (Å²) in [4.78, 5) is 13.9. The number of rotatable bonds is 3.